The summed E-state index contributed by atoms with van der Waals surface area (Å²) >= 11 is 0. The first-order chi connectivity index (χ1) is 7.72. The van der Waals surface area contributed by atoms with Gasteiger partial charge in [0.2, 0.25) is 5.91 Å². The van der Waals surface area contributed by atoms with Crippen molar-refractivity contribution < 1.29 is 4.79 Å². The van der Waals surface area contributed by atoms with E-state index in [2.05, 4.69) is 11.8 Å². The van der Waals surface area contributed by atoms with Gasteiger partial charge in [-0.25, -0.2) is 0 Å². The van der Waals surface area contributed by atoms with Gasteiger partial charge in [-0.15, -0.1) is 0 Å². The Balaban J connectivity index is 1.93. The van der Waals surface area contributed by atoms with Crippen molar-refractivity contribution in [1.82, 2.24) is 4.90 Å². The van der Waals surface area contributed by atoms with E-state index in [4.69, 9.17) is 5.73 Å². The molecule has 3 unspecified atom stereocenters. The van der Waals surface area contributed by atoms with Crippen LogP contribution >= 0.6 is 0 Å². The van der Waals surface area contributed by atoms with Crippen LogP contribution in [0.2, 0.25) is 0 Å². The minimum atomic E-state index is 0.267. The maximum atomic E-state index is 12.4. The molecule has 1 aliphatic heterocycles. The molecule has 3 atom stereocenters. The lowest BCUT2D eigenvalue weighted by molar-refractivity contribution is -0.137. The van der Waals surface area contributed by atoms with E-state index in [-0.39, 0.29) is 5.92 Å². The van der Waals surface area contributed by atoms with Crippen LogP contribution in [0.4, 0.5) is 0 Å². The number of amides is 1. The van der Waals surface area contributed by atoms with Crippen molar-refractivity contribution >= 4 is 5.91 Å². The van der Waals surface area contributed by atoms with Crippen LogP contribution in [-0.4, -0.2) is 29.9 Å². The van der Waals surface area contributed by atoms with Gasteiger partial charge in [-0.2, -0.15) is 0 Å². The van der Waals surface area contributed by atoms with Crippen LogP contribution in [0.5, 0.6) is 0 Å². The van der Waals surface area contributed by atoms with Crippen molar-refractivity contribution in [2.45, 2.75) is 51.5 Å². The molecule has 2 N–H and O–H groups in total. The van der Waals surface area contributed by atoms with E-state index in [0.29, 0.717) is 17.9 Å². The fraction of sp³-hybridized carbons (Fsp3) is 0.923. The number of carbonyl (C=O) groups excluding carboxylic acids is 1. The summed E-state index contributed by atoms with van der Waals surface area (Å²) in [6.45, 7) is 3.90. The van der Waals surface area contributed by atoms with Crippen molar-refractivity contribution in [3.05, 3.63) is 0 Å². The highest BCUT2D eigenvalue weighted by Crippen LogP contribution is 2.31. The first-order valence-corrected chi connectivity index (χ1v) is 6.73. The molecule has 0 bridgehead atoms. The monoisotopic (exact) mass is 224 g/mol. The molecule has 0 radical (unpaired) electrons. The first kappa shape index (κ1) is 11.9. The largest absolute Gasteiger partial charge is 0.340 e. The second-order valence-electron chi connectivity index (χ2n) is 5.49. The summed E-state index contributed by atoms with van der Waals surface area (Å²) in [5.41, 5.74) is 5.72. The number of hydrogen-bond donors (Lipinski definition) is 1. The zero-order valence-electron chi connectivity index (χ0n) is 10.3. The highest BCUT2D eigenvalue weighted by Gasteiger charge is 2.33. The predicted molar refractivity (Wildman–Crippen MR) is 64.9 cm³/mol. The summed E-state index contributed by atoms with van der Waals surface area (Å²) in [4.78, 5) is 14.5. The Kier molecular flexibility index (Phi) is 3.85. The number of nitrogens with two attached hydrogens (primary N) is 1. The van der Waals surface area contributed by atoms with Gasteiger partial charge in [0, 0.05) is 18.5 Å². The smallest absolute Gasteiger partial charge is 0.225 e. The standard InChI is InChI=1S/C13H24N2O/c1-10-4-3-7-15(10)13(16)12-6-2-5-11(8-12)9-14/h10-12H,2-9,14H2,1H3. The molecule has 0 aromatic heterocycles. The molecule has 2 rings (SSSR count). The van der Waals surface area contributed by atoms with Gasteiger partial charge in [0.25, 0.3) is 0 Å². The van der Waals surface area contributed by atoms with Gasteiger partial charge in [-0.3, -0.25) is 4.79 Å². The number of rotatable bonds is 2. The zero-order chi connectivity index (χ0) is 11.5. The Hall–Kier alpha value is -0.570. The second-order valence-corrected chi connectivity index (χ2v) is 5.49. The summed E-state index contributed by atoms with van der Waals surface area (Å²) in [5.74, 6) is 1.26. The van der Waals surface area contributed by atoms with Gasteiger partial charge in [0.15, 0.2) is 0 Å². The molecule has 2 fully saturated rings. The highest BCUT2D eigenvalue weighted by molar-refractivity contribution is 5.79. The van der Waals surface area contributed by atoms with Crippen LogP contribution in [0.25, 0.3) is 0 Å². The topological polar surface area (TPSA) is 46.3 Å². The van der Waals surface area contributed by atoms with E-state index in [1.807, 2.05) is 0 Å². The SMILES string of the molecule is CC1CCCN1C(=O)C1CCCC(CN)C1. The van der Waals surface area contributed by atoms with E-state index in [1.54, 1.807) is 0 Å². The van der Waals surface area contributed by atoms with Gasteiger partial charge < -0.3 is 10.6 Å². The summed E-state index contributed by atoms with van der Waals surface area (Å²) in [6.07, 6.45) is 6.87. The molecule has 1 saturated heterocycles. The quantitative estimate of drug-likeness (QED) is 0.777. The van der Waals surface area contributed by atoms with Gasteiger partial charge in [0.1, 0.15) is 0 Å². The Labute approximate surface area is 98.4 Å². The van der Waals surface area contributed by atoms with Crippen LogP contribution in [0.15, 0.2) is 0 Å². The number of hydrogen-bond acceptors (Lipinski definition) is 2. The minimum Gasteiger partial charge on any atom is -0.340 e. The van der Waals surface area contributed by atoms with Crippen molar-refractivity contribution in [2.24, 2.45) is 17.6 Å². The normalized spacial score (nSPS) is 35.4. The Morgan fingerprint density at radius 2 is 2.12 bits per heavy atom. The van der Waals surface area contributed by atoms with Crippen molar-refractivity contribution in [3.63, 3.8) is 0 Å². The highest BCUT2D eigenvalue weighted by atomic mass is 16.2. The maximum absolute atomic E-state index is 12.4. The van der Waals surface area contributed by atoms with E-state index in [9.17, 15) is 4.79 Å². The predicted octanol–water partition coefficient (Wildman–Crippen LogP) is 1.76. The van der Waals surface area contributed by atoms with Crippen LogP contribution in [-0.2, 0) is 4.79 Å². The molecule has 0 spiro atoms. The lowest BCUT2D eigenvalue weighted by atomic mass is 9.80. The average Bonchev–Trinajstić information content (AvgIpc) is 2.74. The van der Waals surface area contributed by atoms with E-state index in [0.717, 1.165) is 25.9 Å². The second kappa shape index (κ2) is 5.17. The van der Waals surface area contributed by atoms with E-state index < -0.39 is 0 Å². The maximum Gasteiger partial charge on any atom is 0.225 e. The molecule has 2 aliphatic rings. The lowest BCUT2D eigenvalue weighted by Gasteiger charge is -2.32. The molecule has 16 heavy (non-hydrogen) atoms. The molecule has 0 aromatic carbocycles. The van der Waals surface area contributed by atoms with Crippen molar-refractivity contribution in [2.75, 3.05) is 13.1 Å². The molecule has 1 saturated carbocycles. The zero-order valence-corrected chi connectivity index (χ0v) is 10.3. The Morgan fingerprint density at radius 3 is 2.75 bits per heavy atom. The molecule has 0 aromatic rings. The van der Waals surface area contributed by atoms with E-state index >= 15 is 0 Å². The number of nitrogens with zero attached hydrogens (tertiary/aromatic N) is 1. The average molecular weight is 224 g/mol. The van der Waals surface area contributed by atoms with Crippen LogP contribution < -0.4 is 5.73 Å². The number of likely N-dealkylation sites (tertiary alicyclic amines) is 1. The molecular formula is C13H24N2O. The molecule has 3 nitrogen and oxygen atoms in total. The molecular weight excluding hydrogens is 200 g/mol. The molecule has 1 amide bonds. The van der Waals surface area contributed by atoms with Crippen LogP contribution in [0, 0.1) is 11.8 Å². The Morgan fingerprint density at radius 1 is 1.31 bits per heavy atom. The van der Waals surface area contributed by atoms with Crippen LogP contribution in [0.1, 0.15) is 45.4 Å². The molecule has 92 valence electrons. The third kappa shape index (κ3) is 2.40. The van der Waals surface area contributed by atoms with Gasteiger partial charge in [-0.1, -0.05) is 6.42 Å². The first-order valence-electron chi connectivity index (χ1n) is 6.73. The summed E-state index contributed by atoms with van der Waals surface area (Å²) in [7, 11) is 0. The third-order valence-electron chi connectivity index (χ3n) is 4.30. The van der Waals surface area contributed by atoms with Gasteiger partial charge in [-0.05, 0) is 51.5 Å². The Bertz CT molecular complexity index is 254. The summed E-state index contributed by atoms with van der Waals surface area (Å²) in [6, 6.07) is 0.464. The lowest BCUT2D eigenvalue weighted by Crippen LogP contribution is -2.40. The molecule has 1 heterocycles. The van der Waals surface area contributed by atoms with Crippen LogP contribution in [0.3, 0.4) is 0 Å². The number of carbonyl (C=O) groups is 1. The molecule has 3 heteroatoms. The fourth-order valence-corrected chi connectivity index (χ4v) is 3.22. The molecule has 1 aliphatic carbocycles. The summed E-state index contributed by atoms with van der Waals surface area (Å²) in [5, 5.41) is 0. The van der Waals surface area contributed by atoms with E-state index in [1.165, 1.54) is 25.7 Å². The third-order valence-corrected chi connectivity index (χ3v) is 4.30. The van der Waals surface area contributed by atoms with Gasteiger partial charge >= 0.3 is 0 Å². The fourth-order valence-electron chi connectivity index (χ4n) is 3.22. The van der Waals surface area contributed by atoms with Crippen molar-refractivity contribution in [3.8, 4) is 0 Å². The summed E-state index contributed by atoms with van der Waals surface area (Å²) < 4.78 is 0. The minimum absolute atomic E-state index is 0.267. The van der Waals surface area contributed by atoms with Gasteiger partial charge in [0.05, 0.1) is 0 Å². The van der Waals surface area contributed by atoms with Crippen molar-refractivity contribution in [1.29, 1.82) is 0 Å².